The Kier molecular flexibility index (Phi) is 4.50. The second kappa shape index (κ2) is 7.18. The Morgan fingerprint density at radius 2 is 1.45 bits per heavy atom. The second-order valence-electron chi connectivity index (χ2n) is 7.10. The Labute approximate surface area is 170 Å². The van der Waals surface area contributed by atoms with Gasteiger partial charge in [0, 0.05) is 23.1 Å². The molecule has 1 aliphatic heterocycles. The van der Waals surface area contributed by atoms with Gasteiger partial charge in [0.15, 0.2) is 0 Å². The van der Waals surface area contributed by atoms with E-state index in [1.807, 2.05) is 67.6 Å². The van der Waals surface area contributed by atoms with Crippen LogP contribution in [0, 0.1) is 0 Å². The first-order valence-electron chi connectivity index (χ1n) is 9.83. The van der Waals surface area contributed by atoms with Gasteiger partial charge in [-0.15, -0.1) is 0 Å². The van der Waals surface area contributed by atoms with Crippen molar-refractivity contribution < 1.29 is 13.6 Å². The maximum absolute atomic E-state index is 13.9. The van der Waals surface area contributed by atoms with Gasteiger partial charge < -0.3 is 4.52 Å². The van der Waals surface area contributed by atoms with E-state index in [1.54, 1.807) is 0 Å². The highest BCUT2D eigenvalue weighted by molar-refractivity contribution is 7.59. The van der Waals surface area contributed by atoms with Crippen LogP contribution in [-0.4, -0.2) is 6.61 Å². The van der Waals surface area contributed by atoms with Crippen LogP contribution in [0.3, 0.4) is 0 Å². The van der Waals surface area contributed by atoms with Crippen LogP contribution >= 0.6 is 7.60 Å². The molecule has 1 atom stereocenters. The molecule has 0 amide bonds. The van der Waals surface area contributed by atoms with Crippen LogP contribution < -0.4 is 0 Å². The number of hydrogen-bond acceptors (Lipinski definition) is 3. The average Bonchev–Trinajstić information content (AvgIpc) is 3.16. The summed E-state index contributed by atoms with van der Waals surface area (Å²) in [4.78, 5) is 0. The molecule has 0 saturated carbocycles. The summed E-state index contributed by atoms with van der Waals surface area (Å²) in [6.07, 6.45) is 0.585. The zero-order valence-electron chi connectivity index (χ0n) is 16.2. The van der Waals surface area contributed by atoms with Gasteiger partial charge in [0.1, 0.15) is 5.76 Å². The fourth-order valence-electron chi connectivity index (χ4n) is 4.13. The maximum Gasteiger partial charge on any atom is 0.407 e. The summed E-state index contributed by atoms with van der Waals surface area (Å²) in [6, 6.07) is 28.3. The molecule has 1 aliphatic carbocycles. The lowest BCUT2D eigenvalue weighted by Crippen LogP contribution is -2.08. The maximum atomic E-state index is 13.9. The molecule has 0 spiro atoms. The molecule has 3 nitrogen and oxygen atoms in total. The minimum atomic E-state index is -3.46. The van der Waals surface area contributed by atoms with Gasteiger partial charge in [-0.1, -0.05) is 84.9 Å². The first-order valence-corrected chi connectivity index (χ1v) is 11.4. The highest BCUT2D eigenvalue weighted by Gasteiger charge is 2.45. The molecule has 0 aromatic heterocycles. The molecule has 0 saturated heterocycles. The van der Waals surface area contributed by atoms with Crippen LogP contribution in [0.25, 0.3) is 16.9 Å². The predicted molar refractivity (Wildman–Crippen MR) is 117 cm³/mol. The van der Waals surface area contributed by atoms with E-state index in [0.717, 1.165) is 38.7 Å². The second-order valence-corrected chi connectivity index (χ2v) is 9.07. The zero-order valence-corrected chi connectivity index (χ0v) is 17.1. The Morgan fingerprint density at radius 3 is 2.14 bits per heavy atom. The third-order valence-corrected chi connectivity index (χ3v) is 7.41. The zero-order chi connectivity index (χ0) is 19.8. The quantitative estimate of drug-likeness (QED) is 0.453. The van der Waals surface area contributed by atoms with Crippen molar-refractivity contribution in [3.05, 3.63) is 112 Å². The van der Waals surface area contributed by atoms with Gasteiger partial charge in [0.2, 0.25) is 0 Å². The van der Waals surface area contributed by atoms with Crippen LogP contribution in [0.1, 0.15) is 29.2 Å². The summed E-state index contributed by atoms with van der Waals surface area (Å²) in [7, 11) is -3.46. The summed E-state index contributed by atoms with van der Waals surface area (Å²) in [5.74, 6) is 0.615. The summed E-state index contributed by atoms with van der Waals surface area (Å²) in [5, 5.41) is 0.763. The fraction of sp³-hybridized carbons (Fsp3) is 0.120. The van der Waals surface area contributed by atoms with Gasteiger partial charge in [-0.05, 0) is 23.6 Å². The number of benzene rings is 3. The van der Waals surface area contributed by atoms with Crippen molar-refractivity contribution in [3.63, 3.8) is 0 Å². The molecule has 1 unspecified atom stereocenters. The lowest BCUT2D eigenvalue weighted by Gasteiger charge is -2.30. The third kappa shape index (κ3) is 2.98. The smallest absolute Gasteiger partial charge is 0.407 e. The molecular formula is C25H21O3P. The van der Waals surface area contributed by atoms with Gasteiger partial charge in [0.05, 0.1) is 11.9 Å². The summed E-state index contributed by atoms with van der Waals surface area (Å²) >= 11 is 0. The van der Waals surface area contributed by atoms with E-state index in [0.29, 0.717) is 18.8 Å². The molecule has 0 bridgehead atoms. The van der Waals surface area contributed by atoms with Crippen LogP contribution in [0.2, 0.25) is 0 Å². The molecule has 144 valence electrons. The fourth-order valence-corrected chi connectivity index (χ4v) is 6.10. The molecule has 4 heteroatoms. The molecule has 0 radical (unpaired) electrons. The minimum absolute atomic E-state index is 0.327. The number of rotatable bonds is 4. The SMILES string of the molecule is CCOP1(=O)OC(c2ccccc2)=C(c2ccccc2)C2=C1Cc1ccccc12. The first-order chi connectivity index (χ1) is 14.2. The molecule has 5 rings (SSSR count). The van der Waals surface area contributed by atoms with E-state index >= 15 is 0 Å². The van der Waals surface area contributed by atoms with Gasteiger partial charge in [0.25, 0.3) is 0 Å². The van der Waals surface area contributed by atoms with Crippen molar-refractivity contribution in [2.24, 2.45) is 0 Å². The van der Waals surface area contributed by atoms with Crippen molar-refractivity contribution >= 4 is 24.5 Å². The highest BCUT2D eigenvalue weighted by Crippen LogP contribution is 2.69. The van der Waals surface area contributed by atoms with E-state index in [9.17, 15) is 4.57 Å². The van der Waals surface area contributed by atoms with Gasteiger partial charge in [-0.25, -0.2) is 4.57 Å². The predicted octanol–water partition coefficient (Wildman–Crippen LogP) is 6.78. The molecule has 1 heterocycles. The molecule has 3 aromatic carbocycles. The van der Waals surface area contributed by atoms with Crippen LogP contribution in [-0.2, 0) is 20.0 Å². The molecule has 29 heavy (non-hydrogen) atoms. The molecule has 3 aromatic rings. The van der Waals surface area contributed by atoms with E-state index in [2.05, 4.69) is 24.3 Å². The normalized spacial score (nSPS) is 20.3. The molecule has 0 fully saturated rings. The van der Waals surface area contributed by atoms with Crippen LogP contribution in [0.15, 0.2) is 90.2 Å². The van der Waals surface area contributed by atoms with Gasteiger partial charge in [-0.3, -0.25) is 4.52 Å². The summed E-state index contributed by atoms with van der Waals surface area (Å²) in [5.41, 5.74) is 6.17. The largest absolute Gasteiger partial charge is 0.420 e. The topological polar surface area (TPSA) is 35.5 Å². The summed E-state index contributed by atoms with van der Waals surface area (Å²) in [6.45, 7) is 2.18. The lowest BCUT2D eigenvalue weighted by molar-refractivity contribution is 0.275. The monoisotopic (exact) mass is 400 g/mol. The third-order valence-electron chi connectivity index (χ3n) is 5.35. The van der Waals surface area contributed by atoms with Crippen molar-refractivity contribution in [1.29, 1.82) is 0 Å². The number of hydrogen-bond donors (Lipinski definition) is 0. The van der Waals surface area contributed by atoms with Gasteiger partial charge in [-0.2, -0.15) is 0 Å². The van der Waals surface area contributed by atoms with Crippen LogP contribution in [0.4, 0.5) is 0 Å². The number of allylic oxidation sites excluding steroid dienone is 3. The minimum Gasteiger partial charge on any atom is -0.420 e. The Bertz CT molecular complexity index is 1180. The number of fused-ring (bicyclic) bond motifs is 2. The van der Waals surface area contributed by atoms with Crippen molar-refractivity contribution in [2.45, 2.75) is 13.3 Å². The van der Waals surface area contributed by atoms with E-state index < -0.39 is 7.60 Å². The van der Waals surface area contributed by atoms with Gasteiger partial charge >= 0.3 is 7.60 Å². The highest BCUT2D eigenvalue weighted by atomic mass is 31.2. The Morgan fingerprint density at radius 1 is 0.828 bits per heavy atom. The summed E-state index contributed by atoms with van der Waals surface area (Å²) < 4.78 is 26.0. The first kappa shape index (κ1) is 18.2. The van der Waals surface area contributed by atoms with Crippen molar-refractivity contribution in [2.75, 3.05) is 6.61 Å². The molecule has 0 N–H and O–H groups in total. The van der Waals surface area contributed by atoms with E-state index in [4.69, 9.17) is 9.05 Å². The van der Waals surface area contributed by atoms with E-state index in [-0.39, 0.29) is 0 Å². The van der Waals surface area contributed by atoms with Crippen molar-refractivity contribution in [3.8, 4) is 0 Å². The van der Waals surface area contributed by atoms with E-state index in [1.165, 1.54) is 0 Å². The van der Waals surface area contributed by atoms with Crippen LogP contribution in [0.5, 0.6) is 0 Å². The standard InChI is InChI=1S/C25H21O3P/c1-2-27-29(26)22-17-20-15-9-10-16-21(20)24(22)23(18-11-5-3-6-12-18)25(28-29)19-13-7-4-8-14-19/h3-16H,2,17H2,1H3. The van der Waals surface area contributed by atoms with Crippen molar-refractivity contribution in [1.82, 2.24) is 0 Å². The molecule has 2 aliphatic rings. The molecular weight excluding hydrogens is 379 g/mol. The Hall–Kier alpha value is -2.87. The average molecular weight is 400 g/mol. The lowest BCUT2D eigenvalue weighted by atomic mass is 9.90. The Balaban J connectivity index is 1.85.